The fourth-order valence-corrected chi connectivity index (χ4v) is 4.66. The second kappa shape index (κ2) is 6.86. The average molecular weight is 316 g/mol. The van der Waals surface area contributed by atoms with Crippen LogP contribution in [0.15, 0.2) is 36.0 Å². The van der Waals surface area contributed by atoms with Crippen molar-refractivity contribution in [3.05, 3.63) is 36.0 Å². The van der Waals surface area contributed by atoms with Crippen LogP contribution in [0, 0.1) is 22.7 Å². The van der Waals surface area contributed by atoms with E-state index in [1.54, 1.807) is 6.08 Å². The lowest BCUT2D eigenvalue weighted by Gasteiger charge is -2.55. The van der Waals surface area contributed by atoms with Crippen molar-refractivity contribution in [2.24, 2.45) is 22.7 Å². The Hall–Kier alpha value is -1.64. The molecule has 3 atom stereocenters. The van der Waals surface area contributed by atoms with Crippen LogP contribution in [-0.4, -0.2) is 19.4 Å². The third kappa shape index (κ3) is 3.49. The molecule has 2 rings (SSSR count). The summed E-state index contributed by atoms with van der Waals surface area (Å²) in [5.41, 5.74) is 1.39. The molecular formula is C20H28O3. The smallest absolute Gasteiger partial charge is 0.330 e. The van der Waals surface area contributed by atoms with E-state index in [2.05, 4.69) is 31.6 Å². The van der Waals surface area contributed by atoms with E-state index in [1.165, 1.54) is 26.0 Å². The maximum absolute atomic E-state index is 11.9. The van der Waals surface area contributed by atoms with Crippen molar-refractivity contribution in [3.8, 4) is 0 Å². The van der Waals surface area contributed by atoms with E-state index in [-0.39, 0.29) is 22.7 Å². The van der Waals surface area contributed by atoms with Crippen LogP contribution < -0.4 is 0 Å². The number of hydrogen-bond acceptors (Lipinski definition) is 3. The molecule has 3 nitrogen and oxygen atoms in total. The lowest BCUT2D eigenvalue weighted by molar-refractivity contribution is -0.134. The first-order valence-corrected chi connectivity index (χ1v) is 8.43. The summed E-state index contributed by atoms with van der Waals surface area (Å²) in [7, 11) is 1.36. The number of fused-ring (bicyclic) bond motifs is 1. The summed E-state index contributed by atoms with van der Waals surface area (Å²) in [6, 6.07) is 0. The molecule has 0 spiro atoms. The van der Waals surface area contributed by atoms with Crippen molar-refractivity contribution >= 4 is 12.3 Å². The normalized spacial score (nSPS) is 33.3. The van der Waals surface area contributed by atoms with Gasteiger partial charge in [0.05, 0.1) is 7.11 Å². The van der Waals surface area contributed by atoms with Crippen LogP contribution in [0.4, 0.5) is 0 Å². The number of esters is 1. The van der Waals surface area contributed by atoms with Gasteiger partial charge in [-0.25, -0.2) is 4.79 Å². The van der Waals surface area contributed by atoms with Crippen LogP contribution in [-0.2, 0) is 14.3 Å². The summed E-state index contributed by atoms with van der Waals surface area (Å²) in [4.78, 5) is 22.9. The SMILES string of the molecule is COC(=O)/C=C/C=C/C1=CCC2C(C)(C)CCC[C@]2(C)[C@H]1C=O. The first kappa shape index (κ1) is 17.7. The number of carbonyl (C=O) groups is 2. The van der Waals surface area contributed by atoms with Gasteiger partial charge >= 0.3 is 5.97 Å². The summed E-state index contributed by atoms with van der Waals surface area (Å²) in [5.74, 6) is 0.102. The Labute approximate surface area is 139 Å². The monoisotopic (exact) mass is 316 g/mol. The van der Waals surface area contributed by atoms with E-state index in [4.69, 9.17) is 0 Å². The van der Waals surface area contributed by atoms with Crippen LogP contribution in [0.5, 0.6) is 0 Å². The fraction of sp³-hybridized carbons (Fsp3) is 0.600. The van der Waals surface area contributed by atoms with E-state index in [0.717, 1.165) is 24.7 Å². The Bertz CT molecular complexity index is 553. The van der Waals surface area contributed by atoms with Gasteiger partial charge < -0.3 is 9.53 Å². The number of rotatable bonds is 4. The molecule has 2 aliphatic rings. The van der Waals surface area contributed by atoms with Gasteiger partial charge in [-0.2, -0.15) is 0 Å². The molecule has 0 aliphatic heterocycles. The van der Waals surface area contributed by atoms with Gasteiger partial charge in [-0.15, -0.1) is 0 Å². The van der Waals surface area contributed by atoms with Crippen molar-refractivity contribution < 1.29 is 14.3 Å². The highest BCUT2D eigenvalue weighted by Crippen LogP contribution is 2.59. The van der Waals surface area contributed by atoms with Crippen LogP contribution in [0.3, 0.4) is 0 Å². The van der Waals surface area contributed by atoms with E-state index in [9.17, 15) is 9.59 Å². The largest absolute Gasteiger partial charge is 0.466 e. The van der Waals surface area contributed by atoms with Gasteiger partial charge in [0.1, 0.15) is 6.29 Å². The molecule has 2 aliphatic carbocycles. The topological polar surface area (TPSA) is 43.4 Å². The molecule has 0 bridgehead atoms. The number of methoxy groups -OCH3 is 1. The molecule has 0 aromatic heterocycles. The van der Waals surface area contributed by atoms with Gasteiger partial charge in [0.2, 0.25) is 0 Å². The van der Waals surface area contributed by atoms with E-state index < -0.39 is 0 Å². The Balaban J connectivity index is 2.24. The molecule has 1 fully saturated rings. The van der Waals surface area contributed by atoms with Crippen molar-refractivity contribution in [2.75, 3.05) is 7.11 Å². The first-order valence-electron chi connectivity index (χ1n) is 8.43. The Morgan fingerprint density at radius 2 is 2.00 bits per heavy atom. The lowest BCUT2D eigenvalue weighted by atomic mass is 9.49. The van der Waals surface area contributed by atoms with Gasteiger partial charge in [-0.3, -0.25) is 0 Å². The first-order chi connectivity index (χ1) is 10.8. The third-order valence-electron chi connectivity index (χ3n) is 5.90. The Morgan fingerprint density at radius 1 is 1.26 bits per heavy atom. The minimum absolute atomic E-state index is 0.0317. The highest BCUT2D eigenvalue weighted by atomic mass is 16.5. The molecule has 0 N–H and O–H groups in total. The van der Waals surface area contributed by atoms with Gasteiger partial charge in [0.25, 0.3) is 0 Å². The highest BCUT2D eigenvalue weighted by molar-refractivity contribution is 5.82. The standard InChI is InChI=1S/C20H28O3/c1-19(2)12-7-13-20(3)16(14-21)15(10-11-17(19)20)8-5-6-9-18(22)23-4/h5-6,8-10,14,16-17H,7,11-13H2,1-4H3/b8-5+,9-6+/t16-,17?,20+/m0/s1. The summed E-state index contributed by atoms with van der Waals surface area (Å²) in [6.07, 6.45) is 14.7. The molecular weight excluding hydrogens is 288 g/mol. The second-order valence-electron chi connectivity index (χ2n) is 7.70. The molecule has 1 unspecified atom stereocenters. The van der Waals surface area contributed by atoms with Gasteiger partial charge in [-0.1, -0.05) is 51.5 Å². The molecule has 23 heavy (non-hydrogen) atoms. The fourth-order valence-electron chi connectivity index (χ4n) is 4.66. The summed E-state index contributed by atoms with van der Waals surface area (Å²) >= 11 is 0. The molecule has 126 valence electrons. The zero-order chi connectivity index (χ0) is 17.1. The minimum Gasteiger partial charge on any atom is -0.466 e. The Morgan fingerprint density at radius 3 is 2.65 bits per heavy atom. The number of hydrogen-bond donors (Lipinski definition) is 0. The summed E-state index contributed by atoms with van der Waals surface area (Å²) in [5, 5.41) is 0. The van der Waals surface area contributed by atoms with E-state index in [1.807, 2.05) is 12.2 Å². The van der Waals surface area contributed by atoms with E-state index >= 15 is 0 Å². The van der Waals surface area contributed by atoms with Crippen molar-refractivity contribution in [2.45, 2.75) is 46.5 Å². The molecule has 0 radical (unpaired) electrons. The zero-order valence-electron chi connectivity index (χ0n) is 14.7. The van der Waals surface area contributed by atoms with E-state index in [0.29, 0.717) is 5.92 Å². The molecule has 0 heterocycles. The average Bonchev–Trinajstić information content (AvgIpc) is 2.49. The molecule has 0 aromatic rings. The maximum Gasteiger partial charge on any atom is 0.330 e. The quantitative estimate of drug-likeness (QED) is 0.337. The molecule has 0 amide bonds. The van der Waals surface area contributed by atoms with Crippen molar-refractivity contribution in [1.82, 2.24) is 0 Å². The molecule has 0 aromatic carbocycles. The predicted molar refractivity (Wildman–Crippen MR) is 91.8 cm³/mol. The summed E-state index contributed by atoms with van der Waals surface area (Å²) in [6.45, 7) is 6.96. The highest BCUT2D eigenvalue weighted by Gasteiger charge is 2.52. The number of ether oxygens (including phenoxy) is 1. The van der Waals surface area contributed by atoms with Crippen LogP contribution >= 0.6 is 0 Å². The van der Waals surface area contributed by atoms with Crippen LogP contribution in [0.2, 0.25) is 0 Å². The molecule has 0 saturated heterocycles. The zero-order valence-corrected chi connectivity index (χ0v) is 14.7. The predicted octanol–water partition coefficient (Wildman–Crippen LogP) is 4.25. The Kier molecular flexibility index (Phi) is 5.28. The molecule has 1 saturated carbocycles. The second-order valence-corrected chi connectivity index (χ2v) is 7.70. The van der Waals surface area contributed by atoms with Crippen LogP contribution in [0.25, 0.3) is 0 Å². The molecule has 3 heteroatoms. The van der Waals surface area contributed by atoms with Crippen molar-refractivity contribution in [1.29, 1.82) is 0 Å². The van der Waals surface area contributed by atoms with Crippen molar-refractivity contribution in [3.63, 3.8) is 0 Å². The van der Waals surface area contributed by atoms with Gasteiger partial charge in [0.15, 0.2) is 0 Å². The minimum atomic E-state index is -0.375. The third-order valence-corrected chi connectivity index (χ3v) is 5.90. The number of allylic oxidation sites excluding steroid dienone is 5. The lowest BCUT2D eigenvalue weighted by Crippen LogP contribution is -2.49. The number of aldehydes is 1. The number of carbonyl (C=O) groups excluding carboxylic acids is 2. The van der Waals surface area contributed by atoms with Crippen LogP contribution in [0.1, 0.15) is 46.5 Å². The maximum atomic E-state index is 11.9. The van der Waals surface area contributed by atoms with Gasteiger partial charge in [0, 0.05) is 12.0 Å². The van der Waals surface area contributed by atoms with Gasteiger partial charge in [-0.05, 0) is 41.6 Å². The summed E-state index contributed by atoms with van der Waals surface area (Å²) < 4.78 is 4.56.